The lowest BCUT2D eigenvalue weighted by Crippen LogP contribution is -2.46. The SMILES string of the molecule is CC(NC(=O)Nc1ccccc1)C(=O)NCCCCN.Cl. The maximum Gasteiger partial charge on any atom is 0.319 e. The van der Waals surface area contributed by atoms with Crippen molar-refractivity contribution >= 4 is 30.0 Å². The summed E-state index contributed by atoms with van der Waals surface area (Å²) in [5, 5.41) is 7.99. The molecule has 0 aliphatic carbocycles. The molecule has 1 atom stereocenters. The molecule has 1 aromatic rings. The van der Waals surface area contributed by atoms with Crippen molar-refractivity contribution in [2.45, 2.75) is 25.8 Å². The summed E-state index contributed by atoms with van der Waals surface area (Å²) < 4.78 is 0. The lowest BCUT2D eigenvalue weighted by atomic mass is 10.3. The van der Waals surface area contributed by atoms with Gasteiger partial charge in [0.05, 0.1) is 0 Å². The van der Waals surface area contributed by atoms with E-state index < -0.39 is 12.1 Å². The Morgan fingerprint density at radius 1 is 1.19 bits per heavy atom. The molecule has 0 saturated carbocycles. The first kappa shape index (κ1) is 19.2. The number of unbranched alkanes of at least 4 members (excludes halogenated alkanes) is 1. The summed E-state index contributed by atoms with van der Waals surface area (Å²) in [6.45, 7) is 2.83. The van der Waals surface area contributed by atoms with E-state index in [0.717, 1.165) is 12.8 Å². The van der Waals surface area contributed by atoms with Gasteiger partial charge in [-0.15, -0.1) is 12.4 Å². The topological polar surface area (TPSA) is 96.2 Å². The number of amides is 3. The number of halogens is 1. The molecule has 5 N–H and O–H groups in total. The number of para-hydroxylation sites is 1. The van der Waals surface area contributed by atoms with Crippen molar-refractivity contribution < 1.29 is 9.59 Å². The monoisotopic (exact) mass is 314 g/mol. The molecule has 0 radical (unpaired) electrons. The molecule has 1 unspecified atom stereocenters. The predicted octanol–water partition coefficient (Wildman–Crippen LogP) is 1.47. The zero-order valence-corrected chi connectivity index (χ0v) is 12.9. The Morgan fingerprint density at radius 2 is 1.86 bits per heavy atom. The molecule has 7 heteroatoms. The molecule has 0 aromatic heterocycles. The standard InChI is InChI=1S/C14H22N4O2.ClH/c1-11(13(19)16-10-6-5-9-15)17-14(20)18-12-7-3-2-4-8-12;/h2-4,7-8,11H,5-6,9-10,15H2,1H3,(H,16,19)(H2,17,18,20);1H. The predicted molar refractivity (Wildman–Crippen MR) is 86.6 cm³/mol. The van der Waals surface area contributed by atoms with Crippen molar-refractivity contribution in [3.63, 3.8) is 0 Å². The van der Waals surface area contributed by atoms with Crippen molar-refractivity contribution in [3.05, 3.63) is 30.3 Å². The van der Waals surface area contributed by atoms with Gasteiger partial charge in [-0.2, -0.15) is 0 Å². The summed E-state index contributed by atoms with van der Waals surface area (Å²) in [6, 6.07) is 8.07. The zero-order chi connectivity index (χ0) is 14.8. The van der Waals surface area contributed by atoms with Crippen LogP contribution < -0.4 is 21.7 Å². The fourth-order valence-corrected chi connectivity index (χ4v) is 1.58. The first-order valence-electron chi connectivity index (χ1n) is 6.74. The van der Waals surface area contributed by atoms with Crippen molar-refractivity contribution in [1.82, 2.24) is 10.6 Å². The van der Waals surface area contributed by atoms with Gasteiger partial charge in [0.1, 0.15) is 6.04 Å². The fraction of sp³-hybridized carbons (Fsp3) is 0.429. The number of anilines is 1. The summed E-state index contributed by atoms with van der Waals surface area (Å²) in [7, 11) is 0. The quantitative estimate of drug-likeness (QED) is 0.574. The van der Waals surface area contributed by atoms with E-state index in [1.54, 1.807) is 19.1 Å². The van der Waals surface area contributed by atoms with Crippen LogP contribution in [0.4, 0.5) is 10.5 Å². The van der Waals surface area contributed by atoms with E-state index in [1.165, 1.54) is 0 Å². The minimum atomic E-state index is -0.586. The Bertz CT molecular complexity index is 428. The van der Waals surface area contributed by atoms with Crippen LogP contribution in [-0.2, 0) is 4.79 Å². The second-order valence-corrected chi connectivity index (χ2v) is 4.47. The van der Waals surface area contributed by atoms with E-state index >= 15 is 0 Å². The second-order valence-electron chi connectivity index (χ2n) is 4.47. The first-order chi connectivity index (χ1) is 9.63. The summed E-state index contributed by atoms with van der Waals surface area (Å²) in [5.41, 5.74) is 6.05. The van der Waals surface area contributed by atoms with Gasteiger partial charge in [-0.25, -0.2) is 4.79 Å². The molecule has 21 heavy (non-hydrogen) atoms. The van der Waals surface area contributed by atoms with Crippen LogP contribution in [0.2, 0.25) is 0 Å². The largest absolute Gasteiger partial charge is 0.354 e. The Labute approximate surface area is 131 Å². The fourth-order valence-electron chi connectivity index (χ4n) is 1.58. The maximum atomic E-state index is 11.7. The van der Waals surface area contributed by atoms with E-state index in [2.05, 4.69) is 16.0 Å². The van der Waals surface area contributed by atoms with Gasteiger partial charge in [0.15, 0.2) is 0 Å². The van der Waals surface area contributed by atoms with Gasteiger partial charge < -0.3 is 21.7 Å². The number of rotatable bonds is 7. The first-order valence-corrected chi connectivity index (χ1v) is 6.74. The zero-order valence-electron chi connectivity index (χ0n) is 12.1. The van der Waals surface area contributed by atoms with Gasteiger partial charge in [0, 0.05) is 12.2 Å². The lowest BCUT2D eigenvalue weighted by molar-refractivity contribution is -0.122. The Hall–Kier alpha value is -1.79. The molecule has 0 fully saturated rings. The number of carbonyl (C=O) groups excluding carboxylic acids is 2. The average Bonchev–Trinajstić information content (AvgIpc) is 2.44. The normalized spacial score (nSPS) is 11.0. The third-order valence-electron chi connectivity index (χ3n) is 2.70. The molecule has 0 heterocycles. The molecule has 0 aliphatic rings. The number of urea groups is 1. The molecule has 6 nitrogen and oxygen atoms in total. The average molecular weight is 315 g/mol. The smallest absolute Gasteiger partial charge is 0.319 e. The molecular weight excluding hydrogens is 292 g/mol. The van der Waals surface area contributed by atoms with Crippen LogP contribution in [0.5, 0.6) is 0 Å². The molecule has 3 amide bonds. The number of benzene rings is 1. The van der Waals surface area contributed by atoms with Crippen molar-refractivity contribution in [1.29, 1.82) is 0 Å². The summed E-state index contributed by atoms with van der Waals surface area (Å²) in [6.07, 6.45) is 1.71. The Balaban J connectivity index is 0.00000400. The van der Waals surface area contributed by atoms with Crippen molar-refractivity contribution in [2.24, 2.45) is 5.73 Å². The van der Waals surface area contributed by atoms with E-state index in [4.69, 9.17) is 5.73 Å². The van der Waals surface area contributed by atoms with Gasteiger partial charge in [-0.05, 0) is 38.4 Å². The molecule has 118 valence electrons. The van der Waals surface area contributed by atoms with E-state index in [1.807, 2.05) is 18.2 Å². The van der Waals surface area contributed by atoms with Gasteiger partial charge in [-0.1, -0.05) is 18.2 Å². The van der Waals surface area contributed by atoms with Crippen LogP contribution >= 0.6 is 12.4 Å². The van der Waals surface area contributed by atoms with E-state index in [-0.39, 0.29) is 18.3 Å². The number of nitrogens with one attached hydrogen (secondary N) is 3. The Kier molecular flexibility index (Phi) is 10.0. The van der Waals surface area contributed by atoms with Crippen LogP contribution in [0.3, 0.4) is 0 Å². The third-order valence-corrected chi connectivity index (χ3v) is 2.70. The van der Waals surface area contributed by atoms with Gasteiger partial charge in [0.2, 0.25) is 5.91 Å². The molecule has 0 bridgehead atoms. The molecule has 1 aromatic carbocycles. The van der Waals surface area contributed by atoms with Gasteiger partial charge in [-0.3, -0.25) is 4.79 Å². The van der Waals surface area contributed by atoms with Crippen LogP contribution in [0.15, 0.2) is 30.3 Å². The second kappa shape index (κ2) is 10.9. The van der Waals surface area contributed by atoms with Crippen LogP contribution in [-0.4, -0.2) is 31.1 Å². The Morgan fingerprint density at radius 3 is 2.48 bits per heavy atom. The van der Waals surface area contributed by atoms with E-state index in [9.17, 15) is 9.59 Å². The molecule has 0 saturated heterocycles. The maximum absolute atomic E-state index is 11.7. The molecule has 0 aliphatic heterocycles. The number of carbonyl (C=O) groups is 2. The summed E-state index contributed by atoms with van der Waals surface area (Å²) >= 11 is 0. The summed E-state index contributed by atoms with van der Waals surface area (Å²) in [4.78, 5) is 23.4. The molecular formula is C14H23ClN4O2. The third kappa shape index (κ3) is 8.16. The van der Waals surface area contributed by atoms with Crippen LogP contribution in [0.1, 0.15) is 19.8 Å². The minimum absolute atomic E-state index is 0. The van der Waals surface area contributed by atoms with Gasteiger partial charge in [0.25, 0.3) is 0 Å². The number of hydrogen-bond donors (Lipinski definition) is 4. The molecule has 0 spiro atoms. The minimum Gasteiger partial charge on any atom is -0.354 e. The highest BCUT2D eigenvalue weighted by molar-refractivity contribution is 5.93. The van der Waals surface area contributed by atoms with Crippen LogP contribution in [0.25, 0.3) is 0 Å². The van der Waals surface area contributed by atoms with Crippen molar-refractivity contribution in [3.8, 4) is 0 Å². The summed E-state index contributed by atoms with van der Waals surface area (Å²) in [5.74, 6) is -0.203. The van der Waals surface area contributed by atoms with E-state index in [0.29, 0.717) is 18.8 Å². The highest BCUT2D eigenvalue weighted by atomic mass is 35.5. The number of hydrogen-bond acceptors (Lipinski definition) is 3. The highest BCUT2D eigenvalue weighted by Crippen LogP contribution is 2.04. The van der Waals surface area contributed by atoms with Gasteiger partial charge >= 0.3 is 6.03 Å². The highest BCUT2D eigenvalue weighted by Gasteiger charge is 2.14. The van der Waals surface area contributed by atoms with Crippen molar-refractivity contribution in [2.75, 3.05) is 18.4 Å². The lowest BCUT2D eigenvalue weighted by Gasteiger charge is -2.14. The van der Waals surface area contributed by atoms with Crippen LogP contribution in [0, 0.1) is 0 Å². The number of nitrogens with two attached hydrogens (primary N) is 1. The molecule has 1 rings (SSSR count).